The fourth-order valence-corrected chi connectivity index (χ4v) is 3.02. The monoisotopic (exact) mass is 407 g/mol. The maximum atomic E-state index is 13.2. The largest absolute Gasteiger partial charge is 0.480 e. The van der Waals surface area contributed by atoms with Crippen LogP contribution >= 0.6 is 11.6 Å². The Hall–Kier alpha value is -2.73. The number of nitrogens with one attached hydrogen (secondary N) is 1. The third-order valence-electron chi connectivity index (χ3n) is 4.23. The molecule has 0 unspecified atom stereocenters. The Morgan fingerprint density at radius 3 is 2.54 bits per heavy atom. The summed E-state index contributed by atoms with van der Waals surface area (Å²) in [5.74, 6) is -0.171. The predicted molar refractivity (Wildman–Crippen MR) is 104 cm³/mol. The van der Waals surface area contributed by atoms with Crippen LogP contribution in [0.3, 0.4) is 0 Å². The van der Waals surface area contributed by atoms with Gasteiger partial charge in [-0.25, -0.2) is 0 Å². The van der Waals surface area contributed by atoms with Crippen LogP contribution in [0.25, 0.3) is 10.8 Å². The standard InChI is InChI=1S/C21H17ClF3NO2/c1-2-18(28-19-9-5-7-13-6-3-4-8-15(13)19)20(27)26-17-11-10-14(22)12-16(17)21(23,24)25/h3-12,18H,2H2,1H3,(H,26,27)/t18-/m0/s1. The number of rotatable bonds is 5. The number of amides is 1. The molecule has 28 heavy (non-hydrogen) atoms. The van der Waals surface area contributed by atoms with Crippen molar-refractivity contribution in [3.8, 4) is 5.75 Å². The molecule has 146 valence electrons. The number of carbonyl (C=O) groups excluding carboxylic acids is 1. The lowest BCUT2D eigenvalue weighted by molar-refractivity contribution is -0.137. The molecular formula is C21H17ClF3NO2. The number of alkyl halides is 3. The van der Waals surface area contributed by atoms with Crippen LogP contribution in [0.15, 0.2) is 60.7 Å². The van der Waals surface area contributed by atoms with Gasteiger partial charge < -0.3 is 10.1 Å². The highest BCUT2D eigenvalue weighted by molar-refractivity contribution is 6.30. The average molecular weight is 408 g/mol. The lowest BCUT2D eigenvalue weighted by atomic mass is 10.1. The number of hydrogen-bond donors (Lipinski definition) is 1. The van der Waals surface area contributed by atoms with Crippen LogP contribution in [0, 0.1) is 0 Å². The van der Waals surface area contributed by atoms with E-state index in [9.17, 15) is 18.0 Å². The van der Waals surface area contributed by atoms with Crippen molar-refractivity contribution in [1.82, 2.24) is 0 Å². The lowest BCUT2D eigenvalue weighted by Crippen LogP contribution is -2.33. The third kappa shape index (κ3) is 4.39. The minimum absolute atomic E-state index is 0.0654. The topological polar surface area (TPSA) is 38.3 Å². The van der Waals surface area contributed by atoms with E-state index in [2.05, 4.69) is 5.32 Å². The molecular weight excluding hydrogens is 391 g/mol. The molecule has 1 atom stereocenters. The zero-order valence-electron chi connectivity index (χ0n) is 14.9. The van der Waals surface area contributed by atoms with Crippen LogP contribution in [0.5, 0.6) is 5.75 Å². The van der Waals surface area contributed by atoms with Crippen molar-refractivity contribution >= 4 is 34.0 Å². The van der Waals surface area contributed by atoms with E-state index in [0.29, 0.717) is 5.75 Å². The zero-order chi connectivity index (χ0) is 20.3. The molecule has 0 radical (unpaired) electrons. The second kappa shape index (κ2) is 8.10. The summed E-state index contributed by atoms with van der Waals surface area (Å²) in [6.45, 7) is 1.72. The Kier molecular flexibility index (Phi) is 5.79. The smallest absolute Gasteiger partial charge is 0.418 e. The van der Waals surface area contributed by atoms with Gasteiger partial charge in [0, 0.05) is 10.4 Å². The normalized spacial score (nSPS) is 12.6. The average Bonchev–Trinajstić information content (AvgIpc) is 2.66. The van der Waals surface area contributed by atoms with Gasteiger partial charge in [-0.2, -0.15) is 13.2 Å². The summed E-state index contributed by atoms with van der Waals surface area (Å²) in [7, 11) is 0. The van der Waals surface area contributed by atoms with E-state index in [1.165, 1.54) is 6.07 Å². The molecule has 0 spiro atoms. The Morgan fingerprint density at radius 2 is 1.82 bits per heavy atom. The molecule has 0 aliphatic carbocycles. The molecule has 3 rings (SSSR count). The molecule has 3 aromatic carbocycles. The van der Waals surface area contributed by atoms with E-state index in [1.807, 2.05) is 30.3 Å². The Balaban J connectivity index is 1.85. The van der Waals surface area contributed by atoms with Crippen molar-refractivity contribution in [2.45, 2.75) is 25.6 Å². The van der Waals surface area contributed by atoms with Crippen LogP contribution in [0.4, 0.5) is 18.9 Å². The summed E-state index contributed by atoms with van der Waals surface area (Å²) in [5.41, 5.74) is -1.37. The Labute approximate surface area is 165 Å². The first-order valence-electron chi connectivity index (χ1n) is 8.61. The molecule has 0 heterocycles. The summed E-state index contributed by atoms with van der Waals surface area (Å²) < 4.78 is 45.6. The van der Waals surface area contributed by atoms with Crippen LogP contribution in [-0.4, -0.2) is 12.0 Å². The third-order valence-corrected chi connectivity index (χ3v) is 4.46. The van der Waals surface area contributed by atoms with E-state index in [4.69, 9.17) is 16.3 Å². The minimum Gasteiger partial charge on any atom is -0.480 e. The van der Waals surface area contributed by atoms with Crippen LogP contribution in [-0.2, 0) is 11.0 Å². The first-order chi connectivity index (χ1) is 13.3. The second-order valence-corrected chi connectivity index (χ2v) is 6.61. The van der Waals surface area contributed by atoms with Crippen LogP contribution in [0.2, 0.25) is 5.02 Å². The van der Waals surface area contributed by atoms with Gasteiger partial charge in [-0.15, -0.1) is 0 Å². The predicted octanol–water partition coefficient (Wildman–Crippen LogP) is 6.31. The Morgan fingerprint density at radius 1 is 1.11 bits per heavy atom. The maximum absolute atomic E-state index is 13.2. The highest BCUT2D eigenvalue weighted by Crippen LogP contribution is 2.36. The van der Waals surface area contributed by atoms with E-state index < -0.39 is 23.8 Å². The first-order valence-corrected chi connectivity index (χ1v) is 8.99. The number of anilines is 1. The number of ether oxygens (including phenoxy) is 1. The molecule has 3 nitrogen and oxygen atoms in total. The van der Waals surface area contributed by atoms with Gasteiger partial charge in [-0.05, 0) is 36.1 Å². The van der Waals surface area contributed by atoms with Crippen LogP contribution in [0.1, 0.15) is 18.9 Å². The van der Waals surface area contributed by atoms with Gasteiger partial charge in [0.05, 0.1) is 11.3 Å². The van der Waals surface area contributed by atoms with Gasteiger partial charge in [-0.1, -0.05) is 54.9 Å². The lowest BCUT2D eigenvalue weighted by Gasteiger charge is -2.20. The fourth-order valence-electron chi connectivity index (χ4n) is 2.85. The van der Waals surface area contributed by atoms with Crippen molar-refractivity contribution in [3.63, 3.8) is 0 Å². The fraction of sp³-hybridized carbons (Fsp3) is 0.190. The van der Waals surface area contributed by atoms with Gasteiger partial charge in [0.1, 0.15) is 5.75 Å². The molecule has 0 aliphatic heterocycles. The zero-order valence-corrected chi connectivity index (χ0v) is 15.6. The van der Waals surface area contributed by atoms with E-state index >= 15 is 0 Å². The van der Waals surface area contributed by atoms with E-state index in [-0.39, 0.29) is 17.1 Å². The molecule has 0 saturated carbocycles. The van der Waals surface area contributed by atoms with Crippen molar-refractivity contribution < 1.29 is 22.7 Å². The van der Waals surface area contributed by atoms with Gasteiger partial charge >= 0.3 is 6.18 Å². The highest BCUT2D eigenvalue weighted by atomic mass is 35.5. The molecule has 0 aliphatic rings. The maximum Gasteiger partial charge on any atom is 0.418 e. The molecule has 1 N–H and O–H groups in total. The van der Waals surface area contributed by atoms with Crippen molar-refractivity contribution in [3.05, 3.63) is 71.2 Å². The summed E-state index contributed by atoms with van der Waals surface area (Å²) in [6, 6.07) is 16.1. The molecule has 3 aromatic rings. The van der Waals surface area contributed by atoms with Gasteiger partial charge in [0.15, 0.2) is 6.10 Å². The molecule has 0 fully saturated rings. The number of carbonyl (C=O) groups is 1. The summed E-state index contributed by atoms with van der Waals surface area (Å²) in [5, 5.41) is 4.01. The molecule has 0 saturated heterocycles. The summed E-state index contributed by atoms with van der Waals surface area (Å²) >= 11 is 5.67. The highest BCUT2D eigenvalue weighted by Gasteiger charge is 2.34. The van der Waals surface area contributed by atoms with E-state index in [0.717, 1.165) is 22.9 Å². The first kappa shape index (κ1) is 20.0. The van der Waals surface area contributed by atoms with Crippen molar-refractivity contribution in [2.75, 3.05) is 5.32 Å². The molecule has 0 aromatic heterocycles. The number of benzene rings is 3. The van der Waals surface area contributed by atoms with Crippen molar-refractivity contribution in [1.29, 1.82) is 0 Å². The minimum atomic E-state index is -4.65. The molecule has 7 heteroatoms. The number of fused-ring (bicyclic) bond motifs is 1. The summed E-state index contributed by atoms with van der Waals surface area (Å²) in [6.07, 6.45) is -5.32. The molecule has 1 amide bonds. The van der Waals surface area contributed by atoms with Gasteiger partial charge in [-0.3, -0.25) is 4.79 Å². The Bertz CT molecular complexity index is 999. The SMILES string of the molecule is CC[C@H](Oc1cccc2ccccc12)C(=O)Nc1ccc(Cl)cc1C(F)(F)F. The van der Waals surface area contributed by atoms with Crippen molar-refractivity contribution in [2.24, 2.45) is 0 Å². The number of hydrogen-bond acceptors (Lipinski definition) is 2. The number of halogens is 4. The quantitative estimate of drug-likeness (QED) is 0.538. The second-order valence-electron chi connectivity index (χ2n) is 6.17. The van der Waals surface area contributed by atoms with E-state index in [1.54, 1.807) is 19.1 Å². The van der Waals surface area contributed by atoms with Gasteiger partial charge in [0.25, 0.3) is 5.91 Å². The van der Waals surface area contributed by atoms with Crippen LogP contribution < -0.4 is 10.1 Å². The molecule has 0 bridgehead atoms. The van der Waals surface area contributed by atoms with Gasteiger partial charge in [0.2, 0.25) is 0 Å². The summed E-state index contributed by atoms with van der Waals surface area (Å²) in [4.78, 5) is 12.6.